The lowest BCUT2D eigenvalue weighted by atomic mass is 9.94. The second kappa shape index (κ2) is 9.85. The first-order chi connectivity index (χ1) is 16.8. The van der Waals surface area contributed by atoms with E-state index in [0.717, 1.165) is 5.56 Å². The van der Waals surface area contributed by atoms with Crippen LogP contribution >= 0.6 is 0 Å². The molecule has 1 heterocycles. The number of aliphatic hydroxyl groups is 1. The summed E-state index contributed by atoms with van der Waals surface area (Å²) in [6.45, 7) is 4.05. The maximum absolute atomic E-state index is 13.3. The normalized spacial score (nSPS) is 17.0. The molecule has 35 heavy (non-hydrogen) atoms. The van der Waals surface area contributed by atoms with Gasteiger partial charge in [-0.1, -0.05) is 55.0 Å². The zero-order valence-electron chi connectivity index (χ0n) is 19.4. The molecule has 0 radical (unpaired) electrons. The summed E-state index contributed by atoms with van der Waals surface area (Å²) in [4.78, 5) is 40.2. The van der Waals surface area contributed by atoms with Crippen molar-refractivity contribution < 1.29 is 29.3 Å². The van der Waals surface area contributed by atoms with Gasteiger partial charge in [0.05, 0.1) is 23.8 Å². The number of ketones is 1. The molecule has 1 amide bonds. The van der Waals surface area contributed by atoms with Crippen molar-refractivity contribution in [1.82, 2.24) is 0 Å². The molecule has 4 rings (SSSR count). The van der Waals surface area contributed by atoms with E-state index in [1.54, 1.807) is 54.6 Å². The third-order valence-corrected chi connectivity index (χ3v) is 5.78. The van der Waals surface area contributed by atoms with Gasteiger partial charge < -0.3 is 14.9 Å². The van der Waals surface area contributed by atoms with E-state index in [1.807, 2.05) is 13.8 Å². The van der Waals surface area contributed by atoms with Crippen LogP contribution in [0.5, 0.6) is 5.75 Å². The number of phenolic OH excluding ortho intramolecular Hbond substituents is 1. The number of rotatable bonds is 6. The smallest absolute Gasteiger partial charge is 0.338 e. The van der Waals surface area contributed by atoms with Crippen LogP contribution in [0.25, 0.3) is 5.76 Å². The molecule has 1 aliphatic rings. The molecule has 1 fully saturated rings. The quantitative estimate of drug-likeness (QED) is 0.230. The minimum absolute atomic E-state index is 0.0184. The standard InChI is InChI=1S/C28H25NO6/c1-3-15-35-28(34)20-5-4-6-21(16-20)29-24(18-11-13-22(30)14-12-18)23(26(32)27(29)33)25(31)19-9-7-17(2)8-10-19/h4-14,16,24,30-31H,3,15H2,1-2H3/b25-23+. The lowest BCUT2D eigenvalue weighted by Crippen LogP contribution is -2.29. The Hall–Kier alpha value is -4.39. The number of Topliss-reactive ketones (excluding diaryl/α,β-unsaturated/α-hetero) is 1. The van der Waals surface area contributed by atoms with Crippen LogP contribution in [-0.4, -0.2) is 34.5 Å². The number of benzene rings is 3. The van der Waals surface area contributed by atoms with Crippen LogP contribution in [0.1, 0.15) is 46.4 Å². The Morgan fingerprint density at radius 3 is 2.31 bits per heavy atom. The van der Waals surface area contributed by atoms with Crippen LogP contribution in [-0.2, 0) is 14.3 Å². The van der Waals surface area contributed by atoms with Gasteiger partial charge in [0.15, 0.2) is 0 Å². The number of esters is 1. The Bertz CT molecular complexity index is 1310. The number of hydrogen-bond acceptors (Lipinski definition) is 6. The van der Waals surface area contributed by atoms with Crippen LogP contribution in [0, 0.1) is 6.92 Å². The molecular formula is C28H25NO6. The maximum Gasteiger partial charge on any atom is 0.338 e. The molecule has 0 saturated carbocycles. The molecule has 0 aromatic heterocycles. The van der Waals surface area contributed by atoms with Crippen molar-refractivity contribution >= 4 is 29.1 Å². The van der Waals surface area contributed by atoms with E-state index in [0.29, 0.717) is 23.2 Å². The number of hydrogen-bond donors (Lipinski definition) is 2. The Labute approximate surface area is 202 Å². The van der Waals surface area contributed by atoms with Gasteiger partial charge in [0.2, 0.25) is 0 Å². The molecule has 1 atom stereocenters. The highest BCUT2D eigenvalue weighted by Gasteiger charge is 2.47. The van der Waals surface area contributed by atoms with E-state index in [4.69, 9.17) is 4.74 Å². The molecule has 0 aliphatic carbocycles. The summed E-state index contributed by atoms with van der Waals surface area (Å²) in [5.74, 6) is -2.51. The zero-order valence-corrected chi connectivity index (χ0v) is 19.4. The summed E-state index contributed by atoms with van der Waals surface area (Å²) >= 11 is 0. The highest BCUT2D eigenvalue weighted by atomic mass is 16.5. The van der Waals surface area contributed by atoms with E-state index in [-0.39, 0.29) is 29.3 Å². The number of aromatic hydroxyl groups is 1. The topological polar surface area (TPSA) is 104 Å². The average Bonchev–Trinajstić information content (AvgIpc) is 3.13. The third kappa shape index (κ3) is 4.66. The SMILES string of the molecule is CCCOC(=O)c1cccc(N2C(=O)C(=O)/C(=C(/O)c3ccc(C)cc3)C2c2ccc(O)cc2)c1. The first kappa shape index (κ1) is 23.8. The number of carbonyl (C=O) groups excluding carboxylic acids is 3. The van der Waals surface area contributed by atoms with Crippen molar-refractivity contribution in [1.29, 1.82) is 0 Å². The fourth-order valence-electron chi connectivity index (χ4n) is 4.00. The minimum atomic E-state index is -0.973. The fraction of sp³-hybridized carbons (Fsp3) is 0.179. The number of anilines is 1. The van der Waals surface area contributed by atoms with Crippen molar-refractivity contribution in [2.24, 2.45) is 0 Å². The molecular weight excluding hydrogens is 446 g/mol. The molecule has 1 aliphatic heterocycles. The number of aryl methyl sites for hydroxylation is 1. The summed E-state index contributed by atoms with van der Waals surface area (Å²) in [5, 5.41) is 20.9. The number of nitrogens with zero attached hydrogens (tertiary/aromatic N) is 1. The highest BCUT2D eigenvalue weighted by molar-refractivity contribution is 6.51. The molecule has 0 spiro atoms. The monoisotopic (exact) mass is 471 g/mol. The van der Waals surface area contributed by atoms with Crippen molar-refractivity contribution in [3.05, 3.63) is 101 Å². The predicted molar refractivity (Wildman–Crippen MR) is 131 cm³/mol. The second-order valence-corrected chi connectivity index (χ2v) is 8.31. The number of amides is 1. The van der Waals surface area contributed by atoms with Gasteiger partial charge in [-0.25, -0.2) is 4.79 Å². The number of carbonyl (C=O) groups is 3. The summed E-state index contributed by atoms with van der Waals surface area (Å²) in [6.07, 6.45) is 0.667. The zero-order chi connectivity index (χ0) is 25.1. The average molecular weight is 472 g/mol. The Morgan fingerprint density at radius 1 is 0.971 bits per heavy atom. The van der Waals surface area contributed by atoms with Crippen LogP contribution in [0.3, 0.4) is 0 Å². The Kier molecular flexibility index (Phi) is 6.68. The largest absolute Gasteiger partial charge is 0.508 e. The Morgan fingerprint density at radius 2 is 1.66 bits per heavy atom. The van der Waals surface area contributed by atoms with Gasteiger partial charge in [-0.15, -0.1) is 0 Å². The van der Waals surface area contributed by atoms with Gasteiger partial charge in [0, 0.05) is 11.3 Å². The van der Waals surface area contributed by atoms with Gasteiger partial charge in [-0.3, -0.25) is 14.5 Å². The molecule has 7 heteroatoms. The first-order valence-electron chi connectivity index (χ1n) is 11.3. The van der Waals surface area contributed by atoms with Crippen molar-refractivity contribution in [2.75, 3.05) is 11.5 Å². The predicted octanol–water partition coefficient (Wildman–Crippen LogP) is 4.89. The fourth-order valence-corrected chi connectivity index (χ4v) is 4.00. The van der Waals surface area contributed by atoms with E-state index in [2.05, 4.69) is 0 Å². The van der Waals surface area contributed by atoms with Gasteiger partial charge in [0.1, 0.15) is 11.5 Å². The molecule has 0 bridgehead atoms. The molecule has 3 aromatic rings. The number of aliphatic hydroxyl groups excluding tert-OH is 1. The first-order valence-corrected chi connectivity index (χ1v) is 11.3. The van der Waals surface area contributed by atoms with Crippen molar-refractivity contribution in [3.8, 4) is 5.75 Å². The van der Waals surface area contributed by atoms with Gasteiger partial charge >= 0.3 is 5.97 Å². The van der Waals surface area contributed by atoms with E-state index < -0.39 is 23.7 Å². The van der Waals surface area contributed by atoms with Gasteiger partial charge in [-0.2, -0.15) is 0 Å². The van der Waals surface area contributed by atoms with Gasteiger partial charge in [0.25, 0.3) is 11.7 Å². The molecule has 178 valence electrons. The summed E-state index contributed by atoms with van der Waals surface area (Å²) in [7, 11) is 0. The lowest BCUT2D eigenvalue weighted by molar-refractivity contribution is -0.132. The van der Waals surface area contributed by atoms with Crippen LogP contribution in [0.2, 0.25) is 0 Å². The number of ether oxygens (including phenoxy) is 1. The minimum Gasteiger partial charge on any atom is -0.508 e. The lowest BCUT2D eigenvalue weighted by Gasteiger charge is -2.25. The van der Waals surface area contributed by atoms with E-state index >= 15 is 0 Å². The van der Waals surface area contributed by atoms with Crippen molar-refractivity contribution in [2.45, 2.75) is 26.3 Å². The molecule has 1 saturated heterocycles. The van der Waals surface area contributed by atoms with Gasteiger partial charge in [-0.05, 0) is 49.2 Å². The van der Waals surface area contributed by atoms with Crippen LogP contribution < -0.4 is 4.90 Å². The third-order valence-electron chi connectivity index (χ3n) is 5.78. The van der Waals surface area contributed by atoms with Crippen molar-refractivity contribution in [3.63, 3.8) is 0 Å². The summed E-state index contributed by atoms with van der Waals surface area (Å²) in [5.41, 5.74) is 2.34. The molecule has 1 unspecified atom stereocenters. The Balaban J connectivity index is 1.87. The van der Waals surface area contributed by atoms with Crippen LogP contribution in [0.15, 0.2) is 78.4 Å². The summed E-state index contributed by atoms with van der Waals surface area (Å²) < 4.78 is 5.21. The van der Waals surface area contributed by atoms with E-state index in [1.165, 1.54) is 23.1 Å². The highest BCUT2D eigenvalue weighted by Crippen LogP contribution is 2.42. The molecule has 7 nitrogen and oxygen atoms in total. The molecule has 2 N–H and O–H groups in total. The number of phenols is 1. The second-order valence-electron chi connectivity index (χ2n) is 8.31. The summed E-state index contributed by atoms with van der Waals surface area (Å²) in [6, 6.07) is 18.3. The van der Waals surface area contributed by atoms with Crippen LogP contribution in [0.4, 0.5) is 5.69 Å². The molecule has 3 aromatic carbocycles. The van der Waals surface area contributed by atoms with E-state index in [9.17, 15) is 24.6 Å². The maximum atomic E-state index is 13.3.